The fraction of sp³-hybridized carbons (Fsp3) is 0.700. The lowest BCUT2D eigenvalue weighted by Gasteiger charge is -2.55. The molecule has 126 valence electrons. The first kappa shape index (κ1) is 15.6. The summed E-state index contributed by atoms with van der Waals surface area (Å²) in [5, 5.41) is 30.5. The van der Waals surface area contributed by atoms with Gasteiger partial charge in [-0.2, -0.15) is 0 Å². The van der Waals surface area contributed by atoms with E-state index in [4.69, 9.17) is 0 Å². The normalized spacial score (nSPS) is 48.7. The molecule has 4 rings (SSSR count). The van der Waals surface area contributed by atoms with Crippen LogP contribution in [-0.2, 0) is 0 Å². The second kappa shape index (κ2) is 5.05. The fourth-order valence-corrected chi connectivity index (χ4v) is 5.97. The van der Waals surface area contributed by atoms with Gasteiger partial charge in [-0.25, -0.2) is 0 Å². The van der Waals surface area contributed by atoms with Crippen LogP contribution in [0.3, 0.4) is 0 Å². The second-order valence-corrected chi connectivity index (χ2v) is 8.44. The fourth-order valence-electron chi connectivity index (χ4n) is 5.97. The Balaban J connectivity index is 1.75. The molecule has 2 unspecified atom stereocenters. The number of fused-ring (bicyclic) bond motifs is 5. The average molecular weight is 316 g/mol. The van der Waals surface area contributed by atoms with Crippen LogP contribution in [0.25, 0.3) is 0 Å². The van der Waals surface area contributed by atoms with Gasteiger partial charge in [0.1, 0.15) is 0 Å². The van der Waals surface area contributed by atoms with E-state index in [1.54, 1.807) is 0 Å². The zero-order chi connectivity index (χ0) is 16.4. The summed E-state index contributed by atoms with van der Waals surface area (Å²) in [6.45, 7) is 4.66. The quantitative estimate of drug-likeness (QED) is 0.652. The Bertz CT molecular complexity index is 616. The molecule has 2 saturated carbocycles. The molecule has 6 atom stereocenters. The highest BCUT2D eigenvalue weighted by atomic mass is 16.3. The average Bonchev–Trinajstić information content (AvgIpc) is 2.85. The summed E-state index contributed by atoms with van der Waals surface area (Å²) in [6, 6.07) is 0. The van der Waals surface area contributed by atoms with Crippen LogP contribution in [0, 0.1) is 22.7 Å². The van der Waals surface area contributed by atoms with Crippen LogP contribution in [0.15, 0.2) is 34.9 Å². The molecular weight excluding hydrogens is 288 g/mol. The number of hydrogen-bond donors (Lipinski definition) is 3. The molecule has 3 nitrogen and oxygen atoms in total. The second-order valence-electron chi connectivity index (χ2n) is 8.44. The minimum atomic E-state index is -0.470. The van der Waals surface area contributed by atoms with E-state index >= 15 is 0 Å². The molecule has 0 aromatic rings. The maximum atomic E-state index is 10.8. The molecule has 0 radical (unpaired) electrons. The van der Waals surface area contributed by atoms with E-state index in [1.165, 1.54) is 16.7 Å². The molecule has 4 aliphatic carbocycles. The van der Waals surface area contributed by atoms with Gasteiger partial charge in [0.2, 0.25) is 0 Å². The Morgan fingerprint density at radius 3 is 2.70 bits per heavy atom. The molecule has 3 heteroatoms. The molecule has 2 fully saturated rings. The van der Waals surface area contributed by atoms with Crippen LogP contribution in [0.4, 0.5) is 0 Å². The molecule has 0 aromatic carbocycles. The van der Waals surface area contributed by atoms with Crippen molar-refractivity contribution < 1.29 is 15.3 Å². The van der Waals surface area contributed by atoms with Crippen molar-refractivity contribution in [2.45, 2.75) is 58.2 Å². The largest absolute Gasteiger partial charge is 0.393 e. The summed E-state index contributed by atoms with van der Waals surface area (Å²) in [6.07, 6.45) is 10.1. The molecule has 0 aromatic heterocycles. The first-order valence-electron chi connectivity index (χ1n) is 8.99. The summed E-state index contributed by atoms with van der Waals surface area (Å²) in [4.78, 5) is 0. The van der Waals surface area contributed by atoms with Crippen molar-refractivity contribution in [2.75, 3.05) is 6.61 Å². The van der Waals surface area contributed by atoms with E-state index in [9.17, 15) is 15.3 Å². The first-order valence-corrected chi connectivity index (χ1v) is 8.99. The van der Waals surface area contributed by atoms with Gasteiger partial charge in [-0.1, -0.05) is 43.2 Å². The SMILES string of the molecule is C[C@]12C(=CC=C3C1CC[C@]1(C)C(CO)=CCC31)C[C@@H](O)C[C@@H]2O. The van der Waals surface area contributed by atoms with Gasteiger partial charge in [-0.3, -0.25) is 0 Å². The Morgan fingerprint density at radius 2 is 1.96 bits per heavy atom. The molecule has 0 saturated heterocycles. The monoisotopic (exact) mass is 316 g/mol. The van der Waals surface area contributed by atoms with E-state index in [1.807, 2.05) is 0 Å². The number of rotatable bonds is 1. The lowest BCUT2D eigenvalue weighted by molar-refractivity contribution is -0.0492. The van der Waals surface area contributed by atoms with Gasteiger partial charge in [-0.15, -0.1) is 0 Å². The predicted molar refractivity (Wildman–Crippen MR) is 89.6 cm³/mol. The smallest absolute Gasteiger partial charge is 0.0661 e. The summed E-state index contributed by atoms with van der Waals surface area (Å²) in [5.41, 5.74) is 3.72. The standard InChI is InChI=1S/C20H28O3/c1-19-8-7-17-15(16(19)6-4-13(19)11-21)5-3-12-9-14(22)10-18(23)20(12,17)2/h3-5,14,16-18,21-23H,6-11H2,1-2H3/t14-,16?,17?,18+,19-,20+/m1/s1. The minimum Gasteiger partial charge on any atom is -0.393 e. The number of hydrogen-bond acceptors (Lipinski definition) is 3. The van der Waals surface area contributed by atoms with Crippen LogP contribution in [0.2, 0.25) is 0 Å². The molecule has 0 aliphatic heterocycles. The van der Waals surface area contributed by atoms with Crippen LogP contribution in [0.5, 0.6) is 0 Å². The third-order valence-corrected chi connectivity index (χ3v) is 7.57. The first-order chi connectivity index (χ1) is 10.9. The summed E-state index contributed by atoms with van der Waals surface area (Å²) in [5.74, 6) is 0.826. The molecule has 4 aliphatic rings. The van der Waals surface area contributed by atoms with Crippen LogP contribution < -0.4 is 0 Å². The van der Waals surface area contributed by atoms with E-state index < -0.39 is 12.2 Å². The van der Waals surface area contributed by atoms with Gasteiger partial charge in [0.25, 0.3) is 0 Å². The lowest BCUT2D eigenvalue weighted by Crippen LogP contribution is -2.52. The summed E-state index contributed by atoms with van der Waals surface area (Å²) in [7, 11) is 0. The van der Waals surface area contributed by atoms with E-state index in [0.29, 0.717) is 24.7 Å². The number of allylic oxidation sites excluding steroid dienone is 4. The van der Waals surface area contributed by atoms with E-state index in [-0.39, 0.29) is 17.4 Å². The Kier molecular flexibility index (Phi) is 3.43. The van der Waals surface area contributed by atoms with Crippen molar-refractivity contribution >= 4 is 0 Å². The van der Waals surface area contributed by atoms with Crippen molar-refractivity contribution in [3.05, 3.63) is 34.9 Å². The zero-order valence-electron chi connectivity index (χ0n) is 14.1. The lowest BCUT2D eigenvalue weighted by atomic mass is 9.50. The van der Waals surface area contributed by atoms with E-state index in [0.717, 1.165) is 19.3 Å². The molecule has 0 heterocycles. The third kappa shape index (κ3) is 1.93. The van der Waals surface area contributed by atoms with Crippen molar-refractivity contribution in [1.29, 1.82) is 0 Å². The number of aliphatic hydroxyl groups excluding tert-OH is 3. The van der Waals surface area contributed by atoms with Gasteiger partial charge < -0.3 is 15.3 Å². The maximum absolute atomic E-state index is 10.8. The highest BCUT2D eigenvalue weighted by molar-refractivity contribution is 5.42. The Labute approximate surface area is 138 Å². The van der Waals surface area contributed by atoms with Crippen molar-refractivity contribution in [3.8, 4) is 0 Å². The van der Waals surface area contributed by atoms with Gasteiger partial charge in [-0.05, 0) is 48.5 Å². The van der Waals surface area contributed by atoms with Crippen molar-refractivity contribution in [1.82, 2.24) is 0 Å². The van der Waals surface area contributed by atoms with E-state index in [2.05, 4.69) is 32.1 Å². The van der Waals surface area contributed by atoms with Gasteiger partial charge in [0.15, 0.2) is 0 Å². The van der Waals surface area contributed by atoms with Gasteiger partial charge in [0.05, 0.1) is 18.8 Å². The molecule has 0 spiro atoms. The topological polar surface area (TPSA) is 60.7 Å². The predicted octanol–water partition coefficient (Wildman–Crippen LogP) is 2.73. The minimum absolute atomic E-state index is 0.0813. The molecule has 3 N–H and O–H groups in total. The number of aliphatic hydroxyl groups is 3. The van der Waals surface area contributed by atoms with Gasteiger partial charge >= 0.3 is 0 Å². The summed E-state index contributed by atoms with van der Waals surface area (Å²) >= 11 is 0. The molecule has 0 amide bonds. The van der Waals surface area contributed by atoms with Crippen LogP contribution >= 0.6 is 0 Å². The highest BCUT2D eigenvalue weighted by Crippen LogP contribution is 2.63. The molecule has 0 bridgehead atoms. The van der Waals surface area contributed by atoms with Crippen molar-refractivity contribution in [2.24, 2.45) is 22.7 Å². The maximum Gasteiger partial charge on any atom is 0.0661 e. The van der Waals surface area contributed by atoms with Gasteiger partial charge in [0, 0.05) is 11.8 Å². The Hall–Kier alpha value is -0.900. The zero-order valence-corrected chi connectivity index (χ0v) is 14.1. The van der Waals surface area contributed by atoms with Crippen molar-refractivity contribution in [3.63, 3.8) is 0 Å². The highest BCUT2D eigenvalue weighted by Gasteiger charge is 2.56. The summed E-state index contributed by atoms with van der Waals surface area (Å²) < 4.78 is 0. The molecular formula is C20H28O3. The van der Waals surface area contributed by atoms with Crippen LogP contribution in [-0.4, -0.2) is 34.1 Å². The third-order valence-electron chi connectivity index (χ3n) is 7.57. The molecule has 23 heavy (non-hydrogen) atoms. The van der Waals surface area contributed by atoms with Crippen LogP contribution in [0.1, 0.15) is 46.0 Å². The Morgan fingerprint density at radius 1 is 1.17 bits per heavy atom.